The van der Waals surface area contributed by atoms with Gasteiger partial charge in [-0.3, -0.25) is 4.68 Å². The summed E-state index contributed by atoms with van der Waals surface area (Å²) in [6.07, 6.45) is 3.75. The molecule has 0 fully saturated rings. The molecule has 0 aliphatic heterocycles. The van der Waals surface area contributed by atoms with Crippen LogP contribution in [-0.2, 0) is 19.8 Å². The smallest absolute Gasteiger partial charge is 0.175 e. The summed E-state index contributed by atoms with van der Waals surface area (Å²) in [4.78, 5) is 0. The first-order valence-corrected chi connectivity index (χ1v) is 7.67. The summed E-state index contributed by atoms with van der Waals surface area (Å²) in [6, 6.07) is 3.62. The first-order chi connectivity index (χ1) is 10.2. The first kappa shape index (κ1) is 15.9. The first-order valence-electron chi connectivity index (χ1n) is 6.88. The van der Waals surface area contributed by atoms with Crippen LogP contribution in [0.2, 0.25) is 0 Å². The van der Waals surface area contributed by atoms with E-state index in [0.717, 1.165) is 22.1 Å². The standard InChI is InChI=1S/C15H19BrN2O3/c1-3-18-8-12(7-17-18)10-21-15-13(16)5-11(9-19)6-14(15)20-4-2/h5-8,19H,3-4,9-10H2,1-2H3. The highest BCUT2D eigenvalue weighted by Crippen LogP contribution is 2.37. The van der Waals surface area contributed by atoms with Crippen molar-refractivity contribution < 1.29 is 14.6 Å². The number of aliphatic hydroxyl groups excluding tert-OH is 1. The molecule has 0 unspecified atom stereocenters. The molecule has 1 aromatic heterocycles. The van der Waals surface area contributed by atoms with Crippen molar-refractivity contribution in [1.82, 2.24) is 9.78 Å². The van der Waals surface area contributed by atoms with Gasteiger partial charge in [-0.25, -0.2) is 0 Å². The van der Waals surface area contributed by atoms with Crippen LogP contribution in [0, 0.1) is 0 Å². The van der Waals surface area contributed by atoms with Crippen LogP contribution in [0.3, 0.4) is 0 Å². The van der Waals surface area contributed by atoms with Crippen molar-refractivity contribution in [2.24, 2.45) is 0 Å². The van der Waals surface area contributed by atoms with Gasteiger partial charge >= 0.3 is 0 Å². The zero-order chi connectivity index (χ0) is 15.2. The zero-order valence-corrected chi connectivity index (χ0v) is 13.8. The van der Waals surface area contributed by atoms with E-state index in [4.69, 9.17) is 9.47 Å². The lowest BCUT2D eigenvalue weighted by molar-refractivity contribution is 0.262. The molecule has 114 valence electrons. The van der Waals surface area contributed by atoms with Crippen LogP contribution in [0.5, 0.6) is 11.5 Å². The third kappa shape index (κ3) is 3.98. The number of nitrogens with zero attached hydrogens (tertiary/aromatic N) is 2. The van der Waals surface area contributed by atoms with Gasteiger partial charge in [0.05, 0.1) is 23.9 Å². The molecule has 2 aromatic rings. The number of halogens is 1. The summed E-state index contributed by atoms with van der Waals surface area (Å²) in [5, 5.41) is 13.5. The Bertz CT molecular complexity index is 599. The molecule has 21 heavy (non-hydrogen) atoms. The molecule has 5 nitrogen and oxygen atoms in total. The van der Waals surface area contributed by atoms with E-state index in [1.165, 1.54) is 0 Å². The summed E-state index contributed by atoms with van der Waals surface area (Å²) in [7, 11) is 0. The van der Waals surface area contributed by atoms with E-state index in [1.807, 2.05) is 30.8 Å². The highest BCUT2D eigenvalue weighted by atomic mass is 79.9. The average molecular weight is 355 g/mol. The second-order valence-electron chi connectivity index (χ2n) is 4.49. The number of rotatable bonds is 7. The predicted octanol–water partition coefficient (Wildman–Crippen LogP) is 3.14. The van der Waals surface area contributed by atoms with Crippen LogP contribution >= 0.6 is 15.9 Å². The average Bonchev–Trinajstić information content (AvgIpc) is 2.94. The Morgan fingerprint density at radius 3 is 2.67 bits per heavy atom. The molecule has 0 radical (unpaired) electrons. The van der Waals surface area contributed by atoms with Gasteiger partial charge in [0.15, 0.2) is 11.5 Å². The van der Waals surface area contributed by atoms with Crippen LogP contribution in [0.4, 0.5) is 0 Å². The minimum atomic E-state index is -0.0395. The molecule has 2 rings (SSSR count). The number of aliphatic hydroxyl groups is 1. The molecule has 6 heteroatoms. The Labute approximate surface area is 132 Å². The summed E-state index contributed by atoms with van der Waals surface area (Å²) >= 11 is 3.46. The number of benzene rings is 1. The van der Waals surface area contributed by atoms with E-state index in [9.17, 15) is 5.11 Å². The maximum atomic E-state index is 9.26. The van der Waals surface area contributed by atoms with Crippen molar-refractivity contribution in [1.29, 1.82) is 0 Å². The summed E-state index contributed by atoms with van der Waals surface area (Å²) < 4.78 is 14.1. The maximum Gasteiger partial charge on any atom is 0.175 e. The lowest BCUT2D eigenvalue weighted by Crippen LogP contribution is -2.01. The fraction of sp³-hybridized carbons (Fsp3) is 0.400. The monoisotopic (exact) mass is 354 g/mol. The topological polar surface area (TPSA) is 56.5 Å². The molecular formula is C15H19BrN2O3. The molecule has 0 saturated heterocycles. The quantitative estimate of drug-likeness (QED) is 0.829. The zero-order valence-electron chi connectivity index (χ0n) is 12.2. The van der Waals surface area contributed by atoms with E-state index in [2.05, 4.69) is 21.0 Å². The van der Waals surface area contributed by atoms with Gasteiger partial charge in [-0.2, -0.15) is 5.10 Å². The second kappa shape index (κ2) is 7.47. The third-order valence-corrected chi connectivity index (χ3v) is 3.53. The molecule has 0 aliphatic carbocycles. The van der Waals surface area contributed by atoms with Crippen molar-refractivity contribution in [3.8, 4) is 11.5 Å². The Morgan fingerprint density at radius 1 is 1.24 bits per heavy atom. The predicted molar refractivity (Wildman–Crippen MR) is 83.5 cm³/mol. The number of ether oxygens (including phenoxy) is 2. The van der Waals surface area contributed by atoms with Crippen molar-refractivity contribution in [2.45, 2.75) is 33.6 Å². The van der Waals surface area contributed by atoms with Gasteiger partial charge in [0.2, 0.25) is 0 Å². The van der Waals surface area contributed by atoms with E-state index in [0.29, 0.717) is 24.7 Å². The normalized spacial score (nSPS) is 10.7. The number of aromatic nitrogens is 2. The van der Waals surface area contributed by atoms with Crippen molar-refractivity contribution in [2.75, 3.05) is 6.61 Å². The van der Waals surface area contributed by atoms with E-state index < -0.39 is 0 Å². The van der Waals surface area contributed by atoms with Gasteiger partial charge in [0.1, 0.15) is 6.61 Å². The Balaban J connectivity index is 2.17. The van der Waals surface area contributed by atoms with E-state index in [1.54, 1.807) is 12.3 Å². The van der Waals surface area contributed by atoms with E-state index >= 15 is 0 Å². The third-order valence-electron chi connectivity index (χ3n) is 2.95. The van der Waals surface area contributed by atoms with Crippen molar-refractivity contribution in [3.63, 3.8) is 0 Å². The summed E-state index contributed by atoms with van der Waals surface area (Å²) in [6.45, 7) is 5.69. The lowest BCUT2D eigenvalue weighted by atomic mass is 10.2. The molecule has 0 aliphatic rings. The Morgan fingerprint density at radius 2 is 2.05 bits per heavy atom. The lowest BCUT2D eigenvalue weighted by Gasteiger charge is -2.14. The number of hydrogen-bond donors (Lipinski definition) is 1. The van der Waals surface area contributed by atoms with Gasteiger partial charge < -0.3 is 14.6 Å². The SMILES string of the molecule is CCOc1cc(CO)cc(Br)c1OCc1cnn(CC)c1. The molecule has 0 bridgehead atoms. The summed E-state index contributed by atoms with van der Waals surface area (Å²) in [5.74, 6) is 1.26. The molecule has 0 atom stereocenters. The fourth-order valence-electron chi connectivity index (χ4n) is 1.93. The highest BCUT2D eigenvalue weighted by molar-refractivity contribution is 9.10. The van der Waals surface area contributed by atoms with Crippen LogP contribution in [0.15, 0.2) is 29.0 Å². The van der Waals surface area contributed by atoms with Crippen molar-refractivity contribution in [3.05, 3.63) is 40.1 Å². The van der Waals surface area contributed by atoms with Gasteiger partial charge in [0.25, 0.3) is 0 Å². The van der Waals surface area contributed by atoms with Gasteiger partial charge in [-0.15, -0.1) is 0 Å². The number of hydrogen-bond acceptors (Lipinski definition) is 4. The molecule has 1 heterocycles. The Hall–Kier alpha value is -1.53. The van der Waals surface area contributed by atoms with Crippen molar-refractivity contribution >= 4 is 15.9 Å². The van der Waals surface area contributed by atoms with Crippen LogP contribution in [0.25, 0.3) is 0 Å². The van der Waals surface area contributed by atoms with Gasteiger partial charge in [0, 0.05) is 18.3 Å². The second-order valence-corrected chi connectivity index (χ2v) is 5.34. The molecule has 0 spiro atoms. The molecular weight excluding hydrogens is 336 g/mol. The van der Waals surface area contributed by atoms with Gasteiger partial charge in [-0.05, 0) is 47.5 Å². The molecule has 1 aromatic carbocycles. The fourth-order valence-corrected chi connectivity index (χ4v) is 2.53. The largest absolute Gasteiger partial charge is 0.490 e. The number of aryl methyl sites for hydroxylation is 1. The maximum absolute atomic E-state index is 9.26. The molecule has 0 saturated carbocycles. The summed E-state index contributed by atoms with van der Waals surface area (Å²) in [5.41, 5.74) is 1.77. The molecule has 0 amide bonds. The minimum absolute atomic E-state index is 0.0395. The van der Waals surface area contributed by atoms with E-state index in [-0.39, 0.29) is 6.61 Å². The van der Waals surface area contributed by atoms with Crippen LogP contribution in [0.1, 0.15) is 25.0 Å². The van der Waals surface area contributed by atoms with Gasteiger partial charge in [-0.1, -0.05) is 0 Å². The molecule has 1 N–H and O–H groups in total. The van der Waals surface area contributed by atoms with Crippen LogP contribution < -0.4 is 9.47 Å². The minimum Gasteiger partial charge on any atom is -0.490 e. The van der Waals surface area contributed by atoms with Crippen LogP contribution in [-0.4, -0.2) is 21.5 Å². The Kier molecular flexibility index (Phi) is 5.64. The highest BCUT2D eigenvalue weighted by Gasteiger charge is 2.12.